The van der Waals surface area contributed by atoms with Crippen LogP contribution in [0.15, 0.2) is 246 Å². The molecule has 14 aromatic rings. The van der Waals surface area contributed by atoms with Gasteiger partial charge in [-0.05, 0) is 62.7 Å². The molecule has 328 valence electrons. The zero-order chi connectivity index (χ0) is 46.2. The first kappa shape index (κ1) is 39.9. The summed E-state index contributed by atoms with van der Waals surface area (Å²) in [5.74, 6) is 1.61. The van der Waals surface area contributed by atoms with E-state index in [2.05, 4.69) is 204 Å². The van der Waals surface area contributed by atoms with E-state index in [4.69, 9.17) is 23.8 Å². The molecular formula is C62H39N5O2Si. The highest BCUT2D eigenvalue weighted by Crippen LogP contribution is 2.40. The second kappa shape index (κ2) is 15.9. The van der Waals surface area contributed by atoms with Crippen LogP contribution in [0.5, 0.6) is 0 Å². The van der Waals surface area contributed by atoms with Crippen molar-refractivity contribution in [3.63, 3.8) is 0 Å². The molecule has 0 aliphatic rings. The highest BCUT2D eigenvalue weighted by Gasteiger charge is 2.41. The fourth-order valence-corrected chi connectivity index (χ4v) is 15.6. The molecule has 0 amide bonds. The van der Waals surface area contributed by atoms with Crippen molar-refractivity contribution < 1.29 is 8.83 Å². The lowest BCUT2D eigenvalue weighted by atomic mass is 10.0. The number of fused-ring (bicyclic) bond motifs is 9. The van der Waals surface area contributed by atoms with Crippen LogP contribution in [0, 0.1) is 0 Å². The van der Waals surface area contributed by atoms with Gasteiger partial charge in [-0.1, -0.05) is 188 Å². The number of nitrogens with zero attached hydrogens (tertiary/aromatic N) is 5. The minimum Gasteiger partial charge on any atom is -0.455 e. The van der Waals surface area contributed by atoms with E-state index in [0.717, 1.165) is 82.4 Å². The standard InChI is InChI=1S/C62H39N5O2Si/c1-4-16-42(17-5-1)70(43-18-6-2-7-19-43,44-20-8-3-9-21-44)45-33-30-40(31-34-45)60-64-61(51-26-15-29-56-58(51)50-36-37-63-39-57(50)68-56)66-62(65-60)67-53-27-12-10-22-47(53)52-38-41(32-35-54(52)67)46-24-14-25-49-48-23-11-13-28-55(48)69-59(46)49/h1-39H. The zero-order valence-electron chi connectivity index (χ0n) is 37.6. The molecule has 8 heteroatoms. The lowest BCUT2D eigenvalue weighted by Gasteiger charge is -2.34. The number of hydrogen-bond donors (Lipinski definition) is 0. The Morgan fingerprint density at radius 1 is 0.371 bits per heavy atom. The van der Waals surface area contributed by atoms with Crippen LogP contribution in [0.2, 0.25) is 0 Å². The third-order valence-electron chi connectivity index (χ3n) is 13.9. The highest BCUT2D eigenvalue weighted by atomic mass is 28.3. The number of pyridine rings is 1. The summed E-state index contributed by atoms with van der Waals surface area (Å²) < 4.78 is 15.1. The Morgan fingerprint density at radius 3 is 1.71 bits per heavy atom. The molecule has 7 nitrogen and oxygen atoms in total. The van der Waals surface area contributed by atoms with Gasteiger partial charge in [-0.25, -0.2) is 4.98 Å². The second-order valence-corrected chi connectivity index (χ2v) is 21.5. The van der Waals surface area contributed by atoms with E-state index in [1.165, 1.54) is 20.7 Å². The third-order valence-corrected chi connectivity index (χ3v) is 18.7. The van der Waals surface area contributed by atoms with Gasteiger partial charge in [0.05, 0.1) is 17.2 Å². The van der Waals surface area contributed by atoms with Gasteiger partial charge in [0, 0.05) is 55.2 Å². The molecule has 0 spiro atoms. The summed E-state index contributed by atoms with van der Waals surface area (Å²) in [6.07, 6.45) is 3.56. The van der Waals surface area contributed by atoms with Crippen LogP contribution < -0.4 is 20.7 Å². The Hall–Kier alpha value is -9.24. The fourth-order valence-electron chi connectivity index (χ4n) is 10.8. The first-order valence-corrected chi connectivity index (χ1v) is 25.4. The average Bonchev–Trinajstić information content (AvgIpc) is 4.12. The molecule has 0 fully saturated rings. The molecule has 0 unspecified atom stereocenters. The highest BCUT2D eigenvalue weighted by molar-refractivity contribution is 7.19. The molecule has 14 rings (SSSR count). The molecule has 0 aliphatic heterocycles. The van der Waals surface area contributed by atoms with E-state index in [1.807, 2.05) is 30.3 Å². The van der Waals surface area contributed by atoms with Gasteiger partial charge in [-0.2, -0.15) is 9.97 Å². The summed E-state index contributed by atoms with van der Waals surface area (Å²) in [7, 11) is -2.78. The molecule has 0 aliphatic carbocycles. The molecule has 70 heavy (non-hydrogen) atoms. The molecule has 9 aromatic carbocycles. The van der Waals surface area contributed by atoms with Crippen molar-refractivity contribution in [2.24, 2.45) is 0 Å². The number of hydrogen-bond acceptors (Lipinski definition) is 6. The predicted molar refractivity (Wildman–Crippen MR) is 286 cm³/mol. The van der Waals surface area contributed by atoms with Gasteiger partial charge in [-0.15, -0.1) is 0 Å². The molecule has 0 atom stereocenters. The van der Waals surface area contributed by atoms with E-state index in [0.29, 0.717) is 23.2 Å². The first-order chi connectivity index (χ1) is 34.7. The molecule has 0 saturated heterocycles. The van der Waals surface area contributed by atoms with E-state index in [1.54, 1.807) is 12.4 Å². The third kappa shape index (κ3) is 6.13. The molecule has 0 saturated carbocycles. The minimum atomic E-state index is -2.78. The Kier molecular flexibility index (Phi) is 9.08. The molecule has 5 heterocycles. The average molecular weight is 914 g/mol. The maximum absolute atomic E-state index is 6.53. The summed E-state index contributed by atoms with van der Waals surface area (Å²) in [6, 6.07) is 79.7. The van der Waals surface area contributed by atoms with Crippen LogP contribution in [-0.2, 0) is 0 Å². The summed E-state index contributed by atoms with van der Waals surface area (Å²) >= 11 is 0. The van der Waals surface area contributed by atoms with Gasteiger partial charge < -0.3 is 8.83 Å². The van der Waals surface area contributed by atoms with E-state index < -0.39 is 8.07 Å². The Balaban J connectivity index is 0.990. The number of rotatable bonds is 8. The van der Waals surface area contributed by atoms with Crippen molar-refractivity contribution in [1.29, 1.82) is 0 Å². The second-order valence-electron chi connectivity index (χ2n) is 17.7. The van der Waals surface area contributed by atoms with Gasteiger partial charge >= 0.3 is 0 Å². The fraction of sp³-hybridized carbons (Fsp3) is 0. The Labute approximate surface area is 402 Å². The van der Waals surface area contributed by atoms with Crippen LogP contribution in [0.4, 0.5) is 0 Å². The van der Waals surface area contributed by atoms with Gasteiger partial charge in [0.15, 0.2) is 25.3 Å². The summed E-state index contributed by atoms with van der Waals surface area (Å²) in [5, 5.41) is 11.4. The van der Waals surface area contributed by atoms with E-state index >= 15 is 0 Å². The van der Waals surface area contributed by atoms with E-state index in [9.17, 15) is 0 Å². The lowest BCUT2D eigenvalue weighted by Crippen LogP contribution is -2.74. The quantitative estimate of drug-likeness (QED) is 0.112. The monoisotopic (exact) mass is 913 g/mol. The lowest BCUT2D eigenvalue weighted by molar-refractivity contribution is 0.667. The molecule has 5 aromatic heterocycles. The van der Waals surface area contributed by atoms with Gasteiger partial charge in [0.2, 0.25) is 5.95 Å². The summed E-state index contributed by atoms with van der Waals surface area (Å²) in [5.41, 5.74) is 8.96. The maximum Gasteiger partial charge on any atom is 0.238 e. The Morgan fingerprint density at radius 2 is 0.957 bits per heavy atom. The molecule has 0 radical (unpaired) electrons. The van der Waals surface area contributed by atoms with Crippen LogP contribution >= 0.6 is 0 Å². The van der Waals surface area contributed by atoms with Crippen molar-refractivity contribution >= 4 is 94.5 Å². The van der Waals surface area contributed by atoms with Gasteiger partial charge in [-0.3, -0.25) is 9.55 Å². The normalized spacial score (nSPS) is 12.0. The van der Waals surface area contributed by atoms with Gasteiger partial charge in [0.1, 0.15) is 16.7 Å². The van der Waals surface area contributed by atoms with Gasteiger partial charge in [0.25, 0.3) is 0 Å². The van der Waals surface area contributed by atoms with Crippen molar-refractivity contribution in [1.82, 2.24) is 24.5 Å². The maximum atomic E-state index is 6.53. The smallest absolute Gasteiger partial charge is 0.238 e. The number of aromatic nitrogens is 5. The van der Waals surface area contributed by atoms with Crippen molar-refractivity contribution in [3.8, 4) is 39.9 Å². The zero-order valence-corrected chi connectivity index (χ0v) is 38.6. The topological polar surface area (TPSA) is 82.8 Å². The van der Waals surface area contributed by atoms with Crippen LogP contribution in [0.3, 0.4) is 0 Å². The number of furan rings is 2. The molecule has 0 bridgehead atoms. The largest absolute Gasteiger partial charge is 0.455 e. The summed E-state index contributed by atoms with van der Waals surface area (Å²) in [6.45, 7) is 0. The van der Waals surface area contributed by atoms with E-state index in [-0.39, 0.29) is 0 Å². The minimum absolute atomic E-state index is 0.510. The SMILES string of the molecule is c1ccc([Si](c2ccccc2)(c2ccccc2)c2ccc(-c3nc(-c4cccc5oc6cnccc6c45)nc(-n4c5ccccc5c5cc(-c6cccc7c6oc6ccccc67)ccc54)n3)cc2)cc1. The summed E-state index contributed by atoms with van der Waals surface area (Å²) in [4.78, 5) is 20.5. The van der Waals surface area contributed by atoms with Crippen molar-refractivity contribution in [2.75, 3.05) is 0 Å². The number of benzene rings is 9. The number of para-hydroxylation sites is 3. The van der Waals surface area contributed by atoms with Crippen LogP contribution in [0.1, 0.15) is 0 Å². The van der Waals surface area contributed by atoms with Crippen molar-refractivity contribution in [3.05, 3.63) is 237 Å². The molecular weight excluding hydrogens is 875 g/mol. The van der Waals surface area contributed by atoms with Crippen LogP contribution in [-0.4, -0.2) is 32.6 Å². The Bertz CT molecular complexity index is 4200. The first-order valence-electron chi connectivity index (χ1n) is 23.4. The molecule has 0 N–H and O–H groups in total. The van der Waals surface area contributed by atoms with Crippen molar-refractivity contribution in [2.45, 2.75) is 0 Å². The van der Waals surface area contributed by atoms with Crippen LogP contribution in [0.25, 0.3) is 106 Å². The predicted octanol–water partition coefficient (Wildman–Crippen LogP) is 12.5.